The SMILES string of the molecule is CN[C@H](C(=O)N[C@H](C(=O)N1C[C@@H](NC(=O)c2ccc(C(=O)N[C@H]3C[C@@H](C(=O)N[C@@H]4CCCc5ccccc54)N(C(=O)[C@@H](NC(=O)[C@@H](NC)C4CC4)C4CCCCC4)C3)cc2)C[C@H]1C(=O)N[C@@H]1CCCc2ccccc21)C1CCCCC1)C1CC1. The summed E-state index contributed by atoms with van der Waals surface area (Å²) in [7, 11) is 3.55. The second-order valence-electron chi connectivity index (χ2n) is 25.7. The molecule has 6 aliphatic carbocycles. The van der Waals surface area contributed by atoms with Gasteiger partial charge in [0.2, 0.25) is 35.4 Å². The topological polar surface area (TPSA) is 239 Å². The van der Waals surface area contributed by atoms with Crippen molar-refractivity contribution in [3.8, 4) is 0 Å². The molecule has 3 aromatic rings. The van der Waals surface area contributed by atoms with E-state index >= 15 is 9.59 Å². The fraction of sp³-hybridized carbons (Fsp3) is 0.606. The highest BCUT2D eigenvalue weighted by atomic mass is 16.2. The molecule has 0 spiro atoms. The van der Waals surface area contributed by atoms with Gasteiger partial charge in [0.25, 0.3) is 11.8 Å². The normalized spacial score (nSPS) is 25.8. The second kappa shape index (κ2) is 26.7. The van der Waals surface area contributed by atoms with Gasteiger partial charge in [0, 0.05) is 36.3 Å². The molecule has 0 radical (unpaired) electrons. The predicted molar refractivity (Wildman–Crippen MR) is 318 cm³/mol. The lowest BCUT2D eigenvalue weighted by Gasteiger charge is -2.36. The van der Waals surface area contributed by atoms with Crippen LogP contribution < -0.4 is 42.5 Å². The van der Waals surface area contributed by atoms with Gasteiger partial charge in [-0.2, -0.15) is 0 Å². The molecule has 2 aliphatic heterocycles. The smallest absolute Gasteiger partial charge is 0.251 e. The summed E-state index contributed by atoms with van der Waals surface area (Å²) in [5, 5.41) is 25.5. The summed E-state index contributed by atoms with van der Waals surface area (Å²) in [6.07, 6.45) is 18.4. The number of nitrogens with zero attached hydrogens (tertiary/aromatic N) is 2. The van der Waals surface area contributed by atoms with Gasteiger partial charge in [-0.15, -0.1) is 0 Å². The molecule has 0 aromatic heterocycles. The quantitative estimate of drug-likeness (QED) is 0.0697. The van der Waals surface area contributed by atoms with Gasteiger partial charge in [-0.1, -0.05) is 87.1 Å². The lowest BCUT2D eigenvalue weighted by atomic mass is 9.83. The van der Waals surface area contributed by atoms with Crippen LogP contribution in [0, 0.1) is 23.7 Å². The Bertz CT molecular complexity index is 2710. The van der Waals surface area contributed by atoms with E-state index < -0.39 is 60.1 Å². The fourth-order valence-electron chi connectivity index (χ4n) is 15.1. The van der Waals surface area contributed by atoms with Crippen molar-refractivity contribution in [3.05, 3.63) is 106 Å². The Labute approximate surface area is 494 Å². The minimum absolute atomic E-state index is 0.0696. The molecule has 450 valence electrons. The van der Waals surface area contributed by atoms with Gasteiger partial charge in [0.15, 0.2) is 0 Å². The second-order valence-corrected chi connectivity index (χ2v) is 25.7. The molecule has 2 heterocycles. The van der Waals surface area contributed by atoms with E-state index in [1.54, 1.807) is 48.2 Å². The number of rotatable bonds is 20. The molecule has 11 rings (SSSR count). The first-order valence-electron chi connectivity index (χ1n) is 31.9. The van der Waals surface area contributed by atoms with E-state index in [0.29, 0.717) is 0 Å². The van der Waals surface area contributed by atoms with Crippen LogP contribution in [0.2, 0.25) is 0 Å². The first kappa shape index (κ1) is 59.1. The third-order valence-electron chi connectivity index (χ3n) is 20.0. The van der Waals surface area contributed by atoms with Gasteiger partial charge in [0.1, 0.15) is 24.2 Å². The van der Waals surface area contributed by atoms with Gasteiger partial charge < -0.3 is 52.3 Å². The largest absolute Gasteiger partial charge is 0.347 e. The highest BCUT2D eigenvalue weighted by molar-refractivity contribution is 5.99. The van der Waals surface area contributed by atoms with E-state index in [4.69, 9.17) is 0 Å². The molecule has 4 saturated carbocycles. The van der Waals surface area contributed by atoms with Crippen LogP contribution in [0.3, 0.4) is 0 Å². The van der Waals surface area contributed by atoms with Crippen molar-refractivity contribution < 1.29 is 38.4 Å². The van der Waals surface area contributed by atoms with Crippen molar-refractivity contribution in [2.24, 2.45) is 23.7 Å². The number of amides is 8. The number of aryl methyl sites for hydroxylation is 2. The number of likely N-dealkylation sites (N-methyl/N-ethyl adjacent to an activating group) is 2. The number of nitrogens with one attached hydrogen (secondary N) is 8. The van der Waals surface area contributed by atoms with Crippen LogP contribution in [-0.4, -0.2) is 133 Å². The van der Waals surface area contributed by atoms with Crippen LogP contribution in [0.25, 0.3) is 0 Å². The van der Waals surface area contributed by atoms with E-state index in [1.165, 1.54) is 11.1 Å². The summed E-state index contributed by atoms with van der Waals surface area (Å²) >= 11 is 0. The summed E-state index contributed by atoms with van der Waals surface area (Å²) in [5.74, 6) is -2.23. The summed E-state index contributed by atoms with van der Waals surface area (Å²) in [6.45, 7) is 0.139. The summed E-state index contributed by atoms with van der Waals surface area (Å²) in [6, 6.07) is 16.6. The summed E-state index contributed by atoms with van der Waals surface area (Å²) < 4.78 is 0. The molecule has 8 N–H and O–H groups in total. The van der Waals surface area contributed by atoms with Crippen molar-refractivity contribution >= 4 is 47.3 Å². The third-order valence-corrected chi connectivity index (χ3v) is 20.0. The molecule has 10 atom stereocenters. The molecule has 0 bridgehead atoms. The molecule has 18 heteroatoms. The number of likely N-dealkylation sites (tertiary alicyclic amines) is 2. The predicted octanol–water partition coefficient (Wildman–Crippen LogP) is 5.60. The Morgan fingerprint density at radius 1 is 0.417 bits per heavy atom. The van der Waals surface area contributed by atoms with Crippen LogP contribution in [0.1, 0.15) is 183 Å². The lowest BCUT2D eigenvalue weighted by Crippen LogP contribution is -2.59. The number of hydrogen-bond acceptors (Lipinski definition) is 10. The van der Waals surface area contributed by atoms with Gasteiger partial charge in [-0.25, -0.2) is 0 Å². The standard InChI is InChI=1S/C66H88N10O8/c1-67-55(43-27-28-43)63(81)73-57(41-17-5-3-6-18-41)65(83)75-37-47(35-53(75)61(79)71-51-25-13-21-39-15-9-11-23-49(39)51)69-59(77)45-31-33-46(34-32-45)60(78)70-48-36-54(62(80)72-52-26-14-22-40-16-10-12-24-50(40)52)76(38-48)66(84)58(42-19-7-4-8-20-42)74-64(82)56(68-2)44-29-30-44/h9-12,15-16,23-24,31-34,41-44,47-48,51-58,67-68H,3-8,13-14,17-22,25-30,35-38H2,1-2H3,(H,69,77)(H,70,78)(H,71,79)(H,72,80)(H,73,81)(H,74,82)/t47-,48-,51+,52+,53-,54-,55-,56-,57-,58-/m0/s1. The molecule has 18 nitrogen and oxygen atoms in total. The van der Waals surface area contributed by atoms with Gasteiger partial charge in [0.05, 0.1) is 24.2 Å². The van der Waals surface area contributed by atoms with Crippen LogP contribution in [0.5, 0.6) is 0 Å². The average molecular weight is 1150 g/mol. The van der Waals surface area contributed by atoms with Crippen molar-refractivity contribution in [3.63, 3.8) is 0 Å². The Hall–Kier alpha value is -6.66. The van der Waals surface area contributed by atoms with E-state index in [-0.39, 0.29) is 108 Å². The van der Waals surface area contributed by atoms with Crippen molar-refractivity contribution in [1.82, 2.24) is 52.3 Å². The molecule has 2 saturated heterocycles. The van der Waals surface area contributed by atoms with E-state index in [9.17, 15) is 28.8 Å². The Balaban J connectivity index is 0.785. The van der Waals surface area contributed by atoms with Gasteiger partial charge >= 0.3 is 0 Å². The molecular weight excluding hydrogens is 1060 g/mol. The Kier molecular flexibility index (Phi) is 18.8. The minimum Gasteiger partial charge on any atom is -0.347 e. The number of hydrogen-bond donors (Lipinski definition) is 8. The van der Waals surface area contributed by atoms with E-state index in [2.05, 4.69) is 54.7 Å². The molecule has 84 heavy (non-hydrogen) atoms. The highest BCUT2D eigenvalue weighted by Gasteiger charge is 2.49. The van der Waals surface area contributed by atoms with Gasteiger partial charge in [-0.3, -0.25) is 38.4 Å². The van der Waals surface area contributed by atoms with E-state index in [1.807, 2.05) is 36.4 Å². The van der Waals surface area contributed by atoms with Crippen LogP contribution >= 0.6 is 0 Å². The zero-order valence-corrected chi connectivity index (χ0v) is 49.1. The molecule has 8 aliphatic rings. The Morgan fingerprint density at radius 3 is 1.15 bits per heavy atom. The van der Waals surface area contributed by atoms with Gasteiger partial charge in [-0.05, 0) is 187 Å². The highest BCUT2D eigenvalue weighted by Crippen LogP contribution is 2.37. The Morgan fingerprint density at radius 2 is 0.786 bits per heavy atom. The number of benzene rings is 3. The zero-order valence-electron chi connectivity index (χ0n) is 49.1. The van der Waals surface area contributed by atoms with Crippen LogP contribution in [0.15, 0.2) is 72.8 Å². The monoisotopic (exact) mass is 1150 g/mol. The fourth-order valence-corrected chi connectivity index (χ4v) is 15.1. The van der Waals surface area contributed by atoms with Crippen molar-refractivity contribution in [1.29, 1.82) is 0 Å². The first-order chi connectivity index (χ1) is 40.8. The number of fused-ring (bicyclic) bond motifs is 2. The summed E-state index contributed by atoms with van der Waals surface area (Å²) in [4.78, 5) is 119. The average Bonchev–Trinajstić information content (AvgIpc) is 4.11. The molecule has 0 unspecified atom stereocenters. The maximum Gasteiger partial charge on any atom is 0.251 e. The molecule has 6 fully saturated rings. The lowest BCUT2D eigenvalue weighted by molar-refractivity contribution is -0.143. The third kappa shape index (κ3) is 13.5. The van der Waals surface area contributed by atoms with Crippen LogP contribution in [-0.2, 0) is 41.6 Å². The maximum absolute atomic E-state index is 15.1. The van der Waals surface area contributed by atoms with Crippen molar-refractivity contribution in [2.75, 3.05) is 27.2 Å². The van der Waals surface area contributed by atoms with Crippen LogP contribution in [0.4, 0.5) is 0 Å². The zero-order chi connectivity index (χ0) is 58.4. The number of carbonyl (C=O) groups excluding carboxylic acids is 8. The maximum atomic E-state index is 15.1. The van der Waals surface area contributed by atoms with Crippen molar-refractivity contribution in [2.45, 2.75) is 202 Å². The summed E-state index contributed by atoms with van der Waals surface area (Å²) in [5.41, 5.74) is 5.08. The molecule has 3 aromatic carbocycles. The number of carbonyl (C=O) groups is 8. The molecule has 8 amide bonds. The minimum atomic E-state index is -0.902. The van der Waals surface area contributed by atoms with E-state index in [0.717, 1.165) is 140 Å². The first-order valence-corrected chi connectivity index (χ1v) is 31.9. The molecular formula is C66H88N10O8.